The van der Waals surface area contributed by atoms with Gasteiger partial charge < -0.3 is 64.4 Å². The fourth-order valence-electron chi connectivity index (χ4n) is 8.27. The lowest BCUT2D eigenvalue weighted by molar-refractivity contribution is -0.137. The molecule has 0 radical (unpaired) electrons. The van der Waals surface area contributed by atoms with E-state index in [1.165, 1.54) is 19.4 Å². The summed E-state index contributed by atoms with van der Waals surface area (Å²) in [5, 5.41) is 19.6. The van der Waals surface area contributed by atoms with Crippen molar-refractivity contribution in [2.45, 2.75) is 108 Å². The number of guanidine groups is 1. The molecule has 4 aromatic rings. The van der Waals surface area contributed by atoms with Gasteiger partial charge in [-0.15, -0.1) is 0 Å². The zero-order valence-corrected chi connectivity index (χ0v) is 42.7. The van der Waals surface area contributed by atoms with Crippen molar-refractivity contribution in [1.82, 2.24) is 57.1 Å². The first-order chi connectivity index (χ1) is 35.4. The second-order valence-corrected chi connectivity index (χ2v) is 20.6. The molecule has 9 atom stereocenters. The van der Waals surface area contributed by atoms with Crippen LogP contribution in [0.2, 0.25) is 0 Å². The zero-order valence-electron chi connectivity index (χ0n) is 41.1. The molecule has 0 bridgehead atoms. The van der Waals surface area contributed by atoms with Crippen molar-refractivity contribution in [3.8, 4) is 0 Å². The molecule has 26 heteroatoms. The number of amides is 10. The van der Waals surface area contributed by atoms with Crippen molar-refractivity contribution in [3.05, 3.63) is 90.1 Å². The SMILES string of the molecule is CC[C@H](C)[C@@H]1NC(=O)N([C@H]2CSSC[C@@H](C(N)=O)NC(=O)C(Cc3c[nH]c4ccccc34)NC(=O)[C@H](CCCN=C(N)N)NC(=O)[C@@H](Cc3ccccc3)NC(=O)[C@H](Cc3cnc[nH]3)NC(=O)[C@@H](C)NC2=O)C1=O. The standard InChI is InChI=1S/C48H63N15O9S2/c1-4-25(2)38-46(71)63(48(72)62-38)37-23-74-73-22-36(39(49)64)61-43(68)34(18-28-20-54-31-14-9-8-13-30(28)31)60-41(66)32(15-10-16-53-47(50)51)57-42(67)33(17-27-11-6-5-7-12-27)59-44(69)35(19-29-21-52-24-55-29)58-40(65)26(3)56-45(37)70/h5-9,11-14,20-21,24-26,32-38,54H,4,10,15-19,22-23H2,1-3H3,(H2,49,64)(H,52,55)(H,56,70)(H,57,67)(H,58,65)(H,59,69)(H,60,66)(H,61,68)(H,62,72)(H4,50,51,53)/t25-,26+,32-,33+,34?,35-,36-,37-,38-/m0/s1. The van der Waals surface area contributed by atoms with Crippen molar-refractivity contribution in [3.63, 3.8) is 0 Å². The van der Waals surface area contributed by atoms with Crippen molar-refractivity contribution >= 4 is 91.7 Å². The monoisotopic (exact) mass is 1060 g/mol. The van der Waals surface area contributed by atoms with Gasteiger partial charge in [0.2, 0.25) is 41.4 Å². The maximum absolute atomic E-state index is 14.6. The first-order valence-corrected chi connectivity index (χ1v) is 26.5. The number of imide groups is 1. The summed E-state index contributed by atoms with van der Waals surface area (Å²) < 4.78 is 0. The van der Waals surface area contributed by atoms with E-state index in [4.69, 9.17) is 17.2 Å². The molecule has 6 rings (SSSR count). The third-order valence-electron chi connectivity index (χ3n) is 12.6. The van der Waals surface area contributed by atoms with E-state index in [2.05, 4.69) is 57.2 Å². The first kappa shape index (κ1) is 55.7. The van der Waals surface area contributed by atoms with Gasteiger partial charge in [-0.3, -0.25) is 43.3 Å². The molecule has 2 fully saturated rings. The van der Waals surface area contributed by atoms with E-state index in [9.17, 15) is 43.2 Å². The van der Waals surface area contributed by atoms with Gasteiger partial charge in [0.15, 0.2) is 5.96 Å². The number of fused-ring (bicyclic) bond motifs is 1. The lowest BCUT2D eigenvalue weighted by atomic mass is 9.99. The second-order valence-electron chi connectivity index (χ2n) is 18.0. The van der Waals surface area contributed by atoms with Crippen molar-refractivity contribution < 1.29 is 43.2 Å². The number of aromatic nitrogens is 3. The minimum atomic E-state index is -1.49. The van der Waals surface area contributed by atoms with Crippen molar-refractivity contribution in [2.24, 2.45) is 28.1 Å². The largest absolute Gasteiger partial charge is 0.370 e. The summed E-state index contributed by atoms with van der Waals surface area (Å²) in [5.41, 5.74) is 19.4. The number of nitrogens with zero attached hydrogens (tertiary/aromatic N) is 3. The fraction of sp³-hybridized carbons (Fsp3) is 0.438. The van der Waals surface area contributed by atoms with Crippen LogP contribution in [-0.2, 0) is 57.6 Å². The van der Waals surface area contributed by atoms with Crippen LogP contribution in [0, 0.1) is 5.92 Å². The molecule has 0 spiro atoms. The Morgan fingerprint density at radius 2 is 1.35 bits per heavy atom. The molecule has 0 aliphatic carbocycles. The smallest absolute Gasteiger partial charge is 0.325 e. The maximum atomic E-state index is 14.6. The Hall–Kier alpha value is -7.61. The Kier molecular flexibility index (Phi) is 19.9. The highest BCUT2D eigenvalue weighted by Crippen LogP contribution is 2.28. The molecule has 4 heterocycles. The summed E-state index contributed by atoms with van der Waals surface area (Å²) in [6.07, 6.45) is 4.81. The number of primary amides is 1. The number of aromatic amines is 2. The molecule has 396 valence electrons. The van der Waals surface area contributed by atoms with Gasteiger partial charge in [0.1, 0.15) is 48.3 Å². The number of benzene rings is 2. The van der Waals surface area contributed by atoms with Gasteiger partial charge in [0.25, 0.3) is 5.91 Å². The number of aliphatic imine (C=N–C) groups is 1. The predicted octanol–water partition coefficient (Wildman–Crippen LogP) is -0.883. The highest BCUT2D eigenvalue weighted by molar-refractivity contribution is 8.76. The molecule has 15 N–H and O–H groups in total. The van der Waals surface area contributed by atoms with Crippen LogP contribution in [-0.4, -0.2) is 145 Å². The highest BCUT2D eigenvalue weighted by Gasteiger charge is 2.47. The summed E-state index contributed by atoms with van der Waals surface area (Å²) in [4.78, 5) is 142. The number of urea groups is 1. The number of H-pyrrole nitrogens is 2. The molecule has 24 nitrogen and oxygen atoms in total. The summed E-state index contributed by atoms with van der Waals surface area (Å²) in [6, 6.07) is 4.56. The van der Waals surface area contributed by atoms with Gasteiger partial charge in [-0.1, -0.05) is 90.4 Å². The molecule has 0 saturated carbocycles. The first-order valence-electron chi connectivity index (χ1n) is 24.0. The van der Waals surface area contributed by atoms with Gasteiger partial charge in [-0.2, -0.15) is 0 Å². The van der Waals surface area contributed by atoms with Crippen LogP contribution < -0.4 is 54.4 Å². The number of carbonyl (C=O) groups excluding carboxylic acids is 9. The highest BCUT2D eigenvalue weighted by atomic mass is 33.1. The van der Waals surface area contributed by atoms with Gasteiger partial charge in [0.05, 0.1) is 6.33 Å². The average molecular weight is 1060 g/mol. The second kappa shape index (κ2) is 26.4. The molecular formula is C48H63N15O9S2. The van der Waals surface area contributed by atoms with Gasteiger partial charge in [-0.05, 0) is 42.9 Å². The van der Waals surface area contributed by atoms with Crippen LogP contribution in [0.5, 0.6) is 0 Å². The quantitative estimate of drug-likeness (QED) is 0.0240. The summed E-state index contributed by atoms with van der Waals surface area (Å²) in [7, 11) is 2.00. The summed E-state index contributed by atoms with van der Waals surface area (Å²) in [6.45, 7) is 5.04. The molecule has 74 heavy (non-hydrogen) atoms. The third kappa shape index (κ3) is 15.0. The van der Waals surface area contributed by atoms with E-state index in [-0.39, 0.29) is 62.0 Å². The van der Waals surface area contributed by atoms with E-state index in [1.807, 2.05) is 25.1 Å². The average Bonchev–Trinajstić information content (AvgIpc) is 4.12. The Morgan fingerprint density at radius 3 is 2.03 bits per heavy atom. The van der Waals surface area contributed by atoms with Gasteiger partial charge >= 0.3 is 6.03 Å². The Labute approximate surface area is 434 Å². The van der Waals surface area contributed by atoms with Crippen LogP contribution in [0.3, 0.4) is 0 Å². The molecule has 2 aliphatic heterocycles. The van der Waals surface area contributed by atoms with E-state index < -0.39 is 102 Å². The van der Waals surface area contributed by atoms with Crippen molar-refractivity contribution in [1.29, 1.82) is 0 Å². The van der Waals surface area contributed by atoms with E-state index in [1.54, 1.807) is 49.5 Å². The minimum Gasteiger partial charge on any atom is -0.370 e. The van der Waals surface area contributed by atoms with E-state index in [0.29, 0.717) is 23.2 Å². The van der Waals surface area contributed by atoms with E-state index >= 15 is 0 Å². The summed E-state index contributed by atoms with van der Waals surface area (Å²) >= 11 is 0. The van der Waals surface area contributed by atoms with Crippen LogP contribution in [0.1, 0.15) is 56.9 Å². The van der Waals surface area contributed by atoms with Crippen LogP contribution in [0.4, 0.5) is 4.79 Å². The van der Waals surface area contributed by atoms with Gasteiger partial charge in [-0.25, -0.2) is 14.7 Å². The molecular weight excluding hydrogens is 995 g/mol. The molecule has 2 aliphatic rings. The molecule has 10 amide bonds. The summed E-state index contributed by atoms with van der Waals surface area (Å²) in [5.74, 6) is -7.46. The third-order valence-corrected chi connectivity index (χ3v) is 15.0. The molecule has 2 saturated heterocycles. The lowest BCUT2D eigenvalue weighted by Gasteiger charge is -2.28. The Bertz CT molecular complexity index is 2680. The normalized spacial score (nSPS) is 24.6. The van der Waals surface area contributed by atoms with Crippen molar-refractivity contribution in [2.75, 3.05) is 18.1 Å². The van der Waals surface area contributed by atoms with E-state index in [0.717, 1.165) is 37.4 Å². The number of nitrogens with one attached hydrogen (secondary N) is 9. The Balaban J connectivity index is 1.39. The number of nitrogens with two attached hydrogens (primary N) is 3. The number of para-hydroxylation sites is 1. The molecule has 2 aromatic carbocycles. The number of hydrogen-bond acceptors (Lipinski definition) is 13. The van der Waals surface area contributed by atoms with Crippen LogP contribution >= 0.6 is 21.6 Å². The number of hydrogen-bond donors (Lipinski definition) is 12. The minimum absolute atomic E-state index is 0.0500. The topological polar surface area (TPSA) is 376 Å². The number of imidazole rings is 1. The lowest BCUT2D eigenvalue weighted by Crippen LogP contribution is -2.60. The zero-order chi connectivity index (χ0) is 53.5. The van der Waals surface area contributed by atoms with Crippen LogP contribution in [0.15, 0.2) is 78.3 Å². The maximum Gasteiger partial charge on any atom is 0.325 e. The Morgan fingerprint density at radius 1 is 0.730 bits per heavy atom. The fourth-order valence-corrected chi connectivity index (χ4v) is 10.6. The number of rotatable bonds is 14. The van der Waals surface area contributed by atoms with Gasteiger partial charge in [0, 0.05) is 66.3 Å². The predicted molar refractivity (Wildman–Crippen MR) is 278 cm³/mol. The number of carbonyl (C=O) groups is 9. The molecule has 1 unspecified atom stereocenters. The van der Waals surface area contributed by atoms with Crippen LogP contribution in [0.25, 0.3) is 10.9 Å². The molecule has 2 aromatic heterocycles.